The summed E-state index contributed by atoms with van der Waals surface area (Å²) in [7, 11) is 1.65. The summed E-state index contributed by atoms with van der Waals surface area (Å²) in [5.74, 6) is 2.20. The van der Waals surface area contributed by atoms with Gasteiger partial charge in [0.25, 0.3) is 0 Å². The molecule has 2 aromatic carbocycles. The van der Waals surface area contributed by atoms with Gasteiger partial charge in [0.05, 0.1) is 24.7 Å². The van der Waals surface area contributed by atoms with Crippen molar-refractivity contribution >= 4 is 16.7 Å². The highest BCUT2D eigenvalue weighted by Crippen LogP contribution is 2.32. The van der Waals surface area contributed by atoms with E-state index in [0.717, 1.165) is 50.7 Å². The Hall–Kier alpha value is -3.87. The maximum Gasteiger partial charge on any atom is 0.185 e. The monoisotopic (exact) mass is 413 g/mol. The van der Waals surface area contributed by atoms with Crippen LogP contribution in [-0.2, 0) is 0 Å². The molecule has 0 unspecified atom stereocenters. The topological polar surface area (TPSA) is 66.5 Å². The Bertz CT molecular complexity index is 1400. The summed E-state index contributed by atoms with van der Waals surface area (Å²) in [6.07, 6.45) is 1.72. The molecular formula is C24H23N5O2. The predicted molar refractivity (Wildman–Crippen MR) is 120 cm³/mol. The summed E-state index contributed by atoms with van der Waals surface area (Å²) in [6.45, 7) is 6.82. The third-order valence-corrected chi connectivity index (χ3v) is 5.59. The Morgan fingerprint density at radius 1 is 0.968 bits per heavy atom. The van der Waals surface area contributed by atoms with Crippen LogP contribution in [0.25, 0.3) is 33.8 Å². The van der Waals surface area contributed by atoms with Crippen LogP contribution in [0.15, 0.2) is 54.9 Å². The standard InChI is InChI=1S/C24H23N5O2/c1-5-31-18-12-10-17(11-13-18)29-16(3)15(2)21-23(29)25-14-28-24(21)26-22(27-28)19-8-6-7-9-20(19)30-4/h6-14H,5H2,1-4H3. The van der Waals surface area contributed by atoms with Crippen molar-refractivity contribution in [3.63, 3.8) is 0 Å². The molecule has 7 nitrogen and oxygen atoms in total. The second-order valence-electron chi connectivity index (χ2n) is 7.32. The lowest BCUT2D eigenvalue weighted by molar-refractivity contribution is 0.340. The normalized spacial score (nSPS) is 11.4. The molecule has 0 N–H and O–H groups in total. The molecule has 0 saturated carbocycles. The van der Waals surface area contributed by atoms with Crippen molar-refractivity contribution in [2.24, 2.45) is 0 Å². The molecule has 3 heterocycles. The Kier molecular flexibility index (Phi) is 4.58. The first kappa shape index (κ1) is 19.1. The molecule has 0 atom stereocenters. The van der Waals surface area contributed by atoms with Crippen molar-refractivity contribution in [3.05, 3.63) is 66.1 Å². The summed E-state index contributed by atoms with van der Waals surface area (Å²) in [4.78, 5) is 9.60. The number of hydrogen-bond donors (Lipinski definition) is 0. The zero-order chi connectivity index (χ0) is 21.5. The summed E-state index contributed by atoms with van der Waals surface area (Å²) in [5.41, 5.74) is 5.74. The molecule has 5 rings (SSSR count). The molecule has 3 aromatic heterocycles. The highest BCUT2D eigenvalue weighted by atomic mass is 16.5. The average Bonchev–Trinajstić information content (AvgIpc) is 3.34. The van der Waals surface area contributed by atoms with Gasteiger partial charge in [0.1, 0.15) is 17.8 Å². The molecule has 0 saturated heterocycles. The van der Waals surface area contributed by atoms with E-state index in [1.54, 1.807) is 18.0 Å². The number of nitrogens with zero attached hydrogens (tertiary/aromatic N) is 5. The van der Waals surface area contributed by atoms with Crippen LogP contribution >= 0.6 is 0 Å². The maximum atomic E-state index is 5.58. The summed E-state index contributed by atoms with van der Waals surface area (Å²) in [5, 5.41) is 5.65. The number of ether oxygens (including phenoxy) is 2. The van der Waals surface area contributed by atoms with Gasteiger partial charge in [0, 0.05) is 11.4 Å². The molecule has 7 heteroatoms. The lowest BCUT2D eigenvalue weighted by Crippen LogP contribution is -1.99. The highest BCUT2D eigenvalue weighted by molar-refractivity contribution is 5.95. The Labute approximate surface area is 179 Å². The third kappa shape index (κ3) is 3.01. The summed E-state index contributed by atoms with van der Waals surface area (Å²) < 4.78 is 15.0. The zero-order valence-electron chi connectivity index (χ0n) is 18.0. The van der Waals surface area contributed by atoms with Crippen molar-refractivity contribution in [2.45, 2.75) is 20.8 Å². The SMILES string of the molecule is CCOc1ccc(-n2c(C)c(C)c3c2ncn2nc(-c4ccccc4OC)nc32)cc1. The van der Waals surface area contributed by atoms with Gasteiger partial charge in [-0.25, -0.2) is 14.5 Å². The molecule has 156 valence electrons. The van der Waals surface area contributed by atoms with Gasteiger partial charge in [0.2, 0.25) is 0 Å². The third-order valence-electron chi connectivity index (χ3n) is 5.59. The number of aromatic nitrogens is 5. The van der Waals surface area contributed by atoms with E-state index in [9.17, 15) is 0 Å². The Balaban J connectivity index is 1.71. The number of para-hydroxylation sites is 1. The minimum atomic E-state index is 0.609. The van der Waals surface area contributed by atoms with Gasteiger partial charge >= 0.3 is 0 Å². The van der Waals surface area contributed by atoms with Crippen molar-refractivity contribution < 1.29 is 9.47 Å². The number of rotatable bonds is 5. The van der Waals surface area contributed by atoms with Crippen molar-refractivity contribution in [1.29, 1.82) is 0 Å². The van der Waals surface area contributed by atoms with E-state index in [-0.39, 0.29) is 0 Å². The first-order chi connectivity index (χ1) is 15.1. The van der Waals surface area contributed by atoms with Crippen LogP contribution in [0.1, 0.15) is 18.2 Å². The van der Waals surface area contributed by atoms with E-state index >= 15 is 0 Å². The van der Waals surface area contributed by atoms with Crippen molar-refractivity contribution in [2.75, 3.05) is 13.7 Å². The molecule has 0 aliphatic carbocycles. The second kappa shape index (κ2) is 7.43. The van der Waals surface area contributed by atoms with Gasteiger partial charge in [-0.3, -0.25) is 4.57 Å². The highest BCUT2D eigenvalue weighted by Gasteiger charge is 2.20. The number of benzene rings is 2. The van der Waals surface area contributed by atoms with Gasteiger partial charge < -0.3 is 9.47 Å². The number of aryl methyl sites for hydroxylation is 1. The molecular weight excluding hydrogens is 390 g/mol. The fraction of sp³-hybridized carbons (Fsp3) is 0.208. The van der Waals surface area contributed by atoms with Gasteiger partial charge in [0.15, 0.2) is 17.1 Å². The van der Waals surface area contributed by atoms with E-state index in [4.69, 9.17) is 19.4 Å². The van der Waals surface area contributed by atoms with E-state index < -0.39 is 0 Å². The van der Waals surface area contributed by atoms with Crippen LogP contribution in [0, 0.1) is 13.8 Å². The summed E-state index contributed by atoms with van der Waals surface area (Å²) in [6, 6.07) is 15.8. The van der Waals surface area contributed by atoms with Crippen molar-refractivity contribution in [3.8, 4) is 28.6 Å². The van der Waals surface area contributed by atoms with E-state index in [1.165, 1.54) is 0 Å². The fourth-order valence-electron chi connectivity index (χ4n) is 3.98. The van der Waals surface area contributed by atoms with Gasteiger partial charge in [-0.2, -0.15) is 0 Å². The molecule has 0 radical (unpaired) electrons. The lowest BCUT2D eigenvalue weighted by Gasteiger charge is -2.09. The van der Waals surface area contributed by atoms with Crippen LogP contribution in [-0.4, -0.2) is 37.9 Å². The molecule has 0 spiro atoms. The molecule has 0 amide bonds. The van der Waals surface area contributed by atoms with Crippen LogP contribution in [0.3, 0.4) is 0 Å². The minimum Gasteiger partial charge on any atom is -0.496 e. The maximum absolute atomic E-state index is 5.58. The van der Waals surface area contributed by atoms with E-state index in [0.29, 0.717) is 12.4 Å². The second-order valence-corrected chi connectivity index (χ2v) is 7.32. The molecule has 31 heavy (non-hydrogen) atoms. The molecule has 0 aliphatic heterocycles. The first-order valence-electron chi connectivity index (χ1n) is 10.2. The number of fused-ring (bicyclic) bond motifs is 3. The Morgan fingerprint density at radius 3 is 2.48 bits per heavy atom. The van der Waals surface area contributed by atoms with Crippen molar-refractivity contribution in [1.82, 2.24) is 24.1 Å². The zero-order valence-corrected chi connectivity index (χ0v) is 18.0. The molecule has 0 aliphatic rings. The average molecular weight is 413 g/mol. The number of hydrogen-bond acceptors (Lipinski definition) is 5. The largest absolute Gasteiger partial charge is 0.496 e. The van der Waals surface area contributed by atoms with Gasteiger partial charge in [-0.15, -0.1) is 5.10 Å². The summed E-state index contributed by atoms with van der Waals surface area (Å²) >= 11 is 0. The smallest absolute Gasteiger partial charge is 0.185 e. The molecule has 0 bridgehead atoms. The quantitative estimate of drug-likeness (QED) is 0.416. The molecule has 0 fully saturated rings. The number of methoxy groups -OCH3 is 1. The van der Waals surface area contributed by atoms with Crippen LogP contribution in [0.5, 0.6) is 11.5 Å². The Morgan fingerprint density at radius 2 is 1.74 bits per heavy atom. The lowest BCUT2D eigenvalue weighted by atomic mass is 10.2. The first-order valence-corrected chi connectivity index (χ1v) is 10.2. The molecule has 5 aromatic rings. The van der Waals surface area contributed by atoms with Gasteiger partial charge in [-0.05, 0) is 62.7 Å². The van der Waals surface area contributed by atoms with Crippen LogP contribution in [0.4, 0.5) is 0 Å². The van der Waals surface area contributed by atoms with Gasteiger partial charge in [-0.1, -0.05) is 12.1 Å². The van der Waals surface area contributed by atoms with E-state index in [1.807, 2.05) is 55.5 Å². The minimum absolute atomic E-state index is 0.609. The fourth-order valence-corrected chi connectivity index (χ4v) is 3.98. The van der Waals surface area contributed by atoms with E-state index in [2.05, 4.69) is 23.5 Å². The predicted octanol–water partition coefficient (Wildman–Crippen LogP) is 4.76. The van der Waals surface area contributed by atoms with Crippen LogP contribution < -0.4 is 9.47 Å². The van der Waals surface area contributed by atoms with Crippen LogP contribution in [0.2, 0.25) is 0 Å².